The van der Waals surface area contributed by atoms with Gasteiger partial charge in [0.25, 0.3) is 5.91 Å². The second-order valence-electron chi connectivity index (χ2n) is 9.11. The van der Waals surface area contributed by atoms with Gasteiger partial charge in [-0.15, -0.1) is 11.3 Å². The zero-order chi connectivity index (χ0) is 27.4. The van der Waals surface area contributed by atoms with Crippen LogP contribution < -0.4 is 16.4 Å². The van der Waals surface area contributed by atoms with E-state index in [1.54, 1.807) is 25.2 Å². The SMILES string of the molecule is CC(=O)c1csc(NC(=O)[C@H]([C@@H](C)c2ccccc2)N2C(=O)N[C@H](C3C=CC(OCC(N)O)=CC3)C2=O)n1. The summed E-state index contributed by atoms with van der Waals surface area (Å²) in [5, 5.41) is 16.3. The normalized spacial score (nSPS) is 21.4. The molecule has 1 aliphatic carbocycles. The van der Waals surface area contributed by atoms with Crippen molar-refractivity contribution < 1.29 is 29.0 Å². The van der Waals surface area contributed by atoms with Crippen LogP contribution in [0.15, 0.2) is 59.7 Å². The molecule has 5 N–H and O–H groups in total. The molecular formula is C26H29N5O6S. The molecule has 4 amide bonds. The van der Waals surface area contributed by atoms with Gasteiger partial charge in [-0.05, 0) is 24.1 Å². The summed E-state index contributed by atoms with van der Waals surface area (Å²) in [4.78, 5) is 57.1. The van der Waals surface area contributed by atoms with Gasteiger partial charge in [-0.25, -0.2) is 14.7 Å². The molecular weight excluding hydrogens is 510 g/mol. The Labute approximate surface area is 223 Å². The van der Waals surface area contributed by atoms with Crippen molar-refractivity contribution in [2.75, 3.05) is 11.9 Å². The van der Waals surface area contributed by atoms with Gasteiger partial charge in [0.05, 0.1) is 0 Å². The van der Waals surface area contributed by atoms with Crippen LogP contribution in [0.2, 0.25) is 0 Å². The minimum atomic E-state index is -1.17. The molecule has 12 heteroatoms. The van der Waals surface area contributed by atoms with Crippen LogP contribution in [0, 0.1) is 5.92 Å². The van der Waals surface area contributed by atoms with Crippen molar-refractivity contribution in [2.24, 2.45) is 11.7 Å². The number of nitrogens with one attached hydrogen (secondary N) is 2. The van der Waals surface area contributed by atoms with Crippen molar-refractivity contribution in [1.82, 2.24) is 15.2 Å². The van der Waals surface area contributed by atoms with Crippen molar-refractivity contribution in [3.8, 4) is 0 Å². The van der Waals surface area contributed by atoms with E-state index < -0.39 is 42.1 Å². The Balaban J connectivity index is 1.56. The van der Waals surface area contributed by atoms with Gasteiger partial charge in [-0.2, -0.15) is 0 Å². The number of hydrogen-bond acceptors (Lipinski definition) is 9. The lowest BCUT2D eigenvalue weighted by Crippen LogP contribution is -2.51. The predicted molar refractivity (Wildman–Crippen MR) is 140 cm³/mol. The fourth-order valence-electron chi connectivity index (χ4n) is 4.40. The first-order chi connectivity index (χ1) is 18.2. The van der Waals surface area contributed by atoms with Gasteiger partial charge in [0.1, 0.15) is 36.4 Å². The summed E-state index contributed by atoms with van der Waals surface area (Å²) in [6.07, 6.45) is 4.44. The number of allylic oxidation sites excluding steroid dienone is 2. The summed E-state index contributed by atoms with van der Waals surface area (Å²) in [5.74, 6) is -1.75. The first-order valence-corrected chi connectivity index (χ1v) is 12.9. The smallest absolute Gasteiger partial charge is 0.325 e. The lowest BCUT2D eigenvalue weighted by Gasteiger charge is -2.30. The maximum atomic E-state index is 13.6. The van der Waals surface area contributed by atoms with Gasteiger partial charge >= 0.3 is 6.03 Å². The summed E-state index contributed by atoms with van der Waals surface area (Å²) in [6.45, 7) is 3.07. The number of anilines is 1. The van der Waals surface area contributed by atoms with Gasteiger partial charge < -0.3 is 26.2 Å². The van der Waals surface area contributed by atoms with Crippen molar-refractivity contribution in [3.63, 3.8) is 0 Å². The molecule has 2 heterocycles. The Kier molecular flexibility index (Phi) is 8.35. The number of ether oxygens (including phenoxy) is 1. The number of nitrogens with zero attached hydrogens (tertiary/aromatic N) is 2. The molecule has 1 saturated heterocycles. The van der Waals surface area contributed by atoms with Crippen LogP contribution in [-0.4, -0.2) is 63.5 Å². The Morgan fingerprint density at radius 2 is 2.05 bits per heavy atom. The van der Waals surface area contributed by atoms with Crippen LogP contribution in [0.3, 0.4) is 0 Å². The number of aliphatic hydroxyl groups is 1. The lowest BCUT2D eigenvalue weighted by molar-refractivity contribution is -0.135. The number of amides is 4. The molecule has 2 aromatic rings. The van der Waals surface area contributed by atoms with Gasteiger partial charge in [0.2, 0.25) is 5.91 Å². The highest BCUT2D eigenvalue weighted by molar-refractivity contribution is 7.14. The van der Waals surface area contributed by atoms with Crippen LogP contribution in [-0.2, 0) is 14.3 Å². The zero-order valence-electron chi connectivity index (χ0n) is 20.9. The molecule has 1 fully saturated rings. The second kappa shape index (κ2) is 11.7. The summed E-state index contributed by atoms with van der Waals surface area (Å²) < 4.78 is 5.39. The number of carbonyl (C=O) groups is 4. The summed E-state index contributed by atoms with van der Waals surface area (Å²) in [5.41, 5.74) is 6.28. The molecule has 0 saturated carbocycles. The summed E-state index contributed by atoms with van der Waals surface area (Å²) >= 11 is 1.09. The van der Waals surface area contributed by atoms with E-state index in [0.717, 1.165) is 21.8 Å². The lowest BCUT2D eigenvalue weighted by atomic mass is 9.89. The monoisotopic (exact) mass is 539 g/mol. The van der Waals surface area contributed by atoms with Gasteiger partial charge in [-0.3, -0.25) is 14.4 Å². The minimum Gasteiger partial charge on any atom is -0.490 e. The second-order valence-corrected chi connectivity index (χ2v) is 9.96. The van der Waals surface area contributed by atoms with E-state index in [-0.39, 0.29) is 29.1 Å². The van der Waals surface area contributed by atoms with E-state index in [0.29, 0.717) is 12.2 Å². The van der Waals surface area contributed by atoms with E-state index >= 15 is 0 Å². The van der Waals surface area contributed by atoms with Crippen LogP contribution in [0.25, 0.3) is 0 Å². The van der Waals surface area contributed by atoms with Crippen LogP contribution in [0.4, 0.5) is 9.93 Å². The largest absolute Gasteiger partial charge is 0.490 e. The van der Waals surface area contributed by atoms with Gasteiger partial charge in [-0.1, -0.05) is 43.3 Å². The number of thiazole rings is 1. The molecule has 0 spiro atoms. The molecule has 5 atom stereocenters. The maximum Gasteiger partial charge on any atom is 0.325 e. The topological polar surface area (TPSA) is 164 Å². The third kappa shape index (κ3) is 5.98. The third-order valence-corrected chi connectivity index (χ3v) is 7.15. The highest BCUT2D eigenvalue weighted by atomic mass is 32.1. The van der Waals surface area contributed by atoms with Crippen LogP contribution in [0.1, 0.15) is 42.2 Å². The molecule has 1 aromatic heterocycles. The minimum absolute atomic E-state index is 0.0745. The van der Waals surface area contributed by atoms with Crippen LogP contribution in [0.5, 0.6) is 0 Å². The predicted octanol–water partition coefficient (Wildman–Crippen LogP) is 2.13. The third-order valence-electron chi connectivity index (χ3n) is 6.39. The first kappa shape index (κ1) is 27.2. The molecule has 11 nitrogen and oxygen atoms in total. The highest BCUT2D eigenvalue weighted by Gasteiger charge is 2.49. The zero-order valence-corrected chi connectivity index (χ0v) is 21.7. The quantitative estimate of drug-likeness (QED) is 0.203. The number of ketones is 1. The van der Waals surface area contributed by atoms with E-state index in [1.807, 2.05) is 30.3 Å². The molecule has 4 rings (SSSR count). The molecule has 2 unspecified atom stereocenters. The number of Topliss-reactive ketones (excluding diaryl/α,β-unsaturated/α-hetero) is 1. The average molecular weight is 540 g/mol. The molecule has 0 bridgehead atoms. The Morgan fingerprint density at radius 3 is 2.66 bits per heavy atom. The Hall–Kier alpha value is -3.87. The Bertz CT molecular complexity index is 1270. The number of benzene rings is 1. The number of aromatic nitrogens is 1. The standard InChI is InChI=1S/C26H29N5O6S/c1-14(16-6-4-3-5-7-16)22(23(34)30-25-28-19(13-38-25)15(2)32)31-24(35)21(29-26(31)36)17-8-10-18(11-9-17)37-12-20(27)33/h3-8,10-11,13-14,17,20-22,33H,9,12,27H2,1-2H3,(H,29,36)(H,28,30,34)/t14-,17?,20?,21+,22-/m0/s1. The molecule has 200 valence electrons. The van der Waals surface area contributed by atoms with Crippen molar-refractivity contribution in [3.05, 3.63) is 71.0 Å². The molecule has 2 aliphatic rings. The number of aliphatic hydroxyl groups excluding tert-OH is 1. The van der Waals surface area contributed by atoms with Gasteiger partial charge in [0, 0.05) is 24.1 Å². The van der Waals surface area contributed by atoms with E-state index in [2.05, 4.69) is 15.6 Å². The Morgan fingerprint density at radius 1 is 1.32 bits per heavy atom. The fourth-order valence-corrected chi connectivity index (χ4v) is 5.15. The summed E-state index contributed by atoms with van der Waals surface area (Å²) in [7, 11) is 0. The number of carbonyl (C=O) groups excluding carboxylic acids is 4. The number of urea groups is 1. The molecule has 38 heavy (non-hydrogen) atoms. The number of imide groups is 1. The van der Waals surface area contributed by atoms with E-state index in [4.69, 9.17) is 10.5 Å². The van der Waals surface area contributed by atoms with Gasteiger partial charge in [0.15, 0.2) is 10.9 Å². The number of hydrogen-bond donors (Lipinski definition) is 4. The maximum absolute atomic E-state index is 13.6. The molecule has 1 aliphatic heterocycles. The number of rotatable bonds is 10. The fraction of sp³-hybridized carbons (Fsp3) is 0.346. The summed E-state index contributed by atoms with van der Waals surface area (Å²) in [6, 6.07) is 6.40. The first-order valence-electron chi connectivity index (χ1n) is 12.1. The van der Waals surface area contributed by atoms with Crippen molar-refractivity contribution in [1.29, 1.82) is 0 Å². The average Bonchev–Trinajstić information content (AvgIpc) is 3.48. The van der Waals surface area contributed by atoms with Crippen LogP contribution >= 0.6 is 11.3 Å². The van der Waals surface area contributed by atoms with Crippen molar-refractivity contribution in [2.45, 2.75) is 44.5 Å². The molecule has 0 radical (unpaired) electrons. The highest BCUT2D eigenvalue weighted by Crippen LogP contribution is 2.31. The number of nitrogens with two attached hydrogens (primary N) is 1. The molecule has 1 aromatic carbocycles. The van der Waals surface area contributed by atoms with Crippen molar-refractivity contribution >= 4 is 40.1 Å². The van der Waals surface area contributed by atoms with E-state index in [1.165, 1.54) is 12.3 Å². The van der Waals surface area contributed by atoms with E-state index in [9.17, 15) is 24.3 Å².